The first kappa shape index (κ1) is 13.5. The number of aliphatic hydroxyl groups is 2. The summed E-state index contributed by atoms with van der Waals surface area (Å²) in [5.74, 6) is -0.439. The van der Waals surface area contributed by atoms with Crippen molar-refractivity contribution in [1.82, 2.24) is 0 Å². The maximum absolute atomic E-state index is 13.8. The summed E-state index contributed by atoms with van der Waals surface area (Å²) in [5.41, 5.74) is -0.0624. The van der Waals surface area contributed by atoms with Gasteiger partial charge < -0.3 is 10.2 Å². The standard InChI is InChI=1S/C15H21FO2/c1-11-6-7-13(16)12(10-11)14(17)15(18)8-4-2-3-5-9-15/h6-7,10,14,17-18H,2-5,8-9H2,1H3. The van der Waals surface area contributed by atoms with E-state index < -0.39 is 17.5 Å². The van der Waals surface area contributed by atoms with Gasteiger partial charge in [-0.3, -0.25) is 0 Å². The Balaban J connectivity index is 2.28. The van der Waals surface area contributed by atoms with Crippen molar-refractivity contribution in [1.29, 1.82) is 0 Å². The number of hydrogen-bond donors (Lipinski definition) is 2. The van der Waals surface area contributed by atoms with Crippen molar-refractivity contribution in [3.8, 4) is 0 Å². The smallest absolute Gasteiger partial charge is 0.129 e. The van der Waals surface area contributed by atoms with E-state index in [-0.39, 0.29) is 5.56 Å². The first-order valence-corrected chi connectivity index (χ1v) is 6.69. The highest BCUT2D eigenvalue weighted by molar-refractivity contribution is 5.27. The molecule has 0 saturated heterocycles. The van der Waals surface area contributed by atoms with Gasteiger partial charge in [0, 0.05) is 5.56 Å². The lowest BCUT2D eigenvalue weighted by Gasteiger charge is -2.32. The summed E-state index contributed by atoms with van der Waals surface area (Å²) in [4.78, 5) is 0. The van der Waals surface area contributed by atoms with E-state index in [1.54, 1.807) is 12.1 Å². The lowest BCUT2D eigenvalue weighted by Crippen LogP contribution is -2.36. The fourth-order valence-electron chi connectivity index (χ4n) is 2.78. The highest BCUT2D eigenvalue weighted by Crippen LogP contribution is 2.38. The maximum atomic E-state index is 13.8. The number of halogens is 1. The van der Waals surface area contributed by atoms with Gasteiger partial charge >= 0.3 is 0 Å². The van der Waals surface area contributed by atoms with Gasteiger partial charge in [-0.1, -0.05) is 43.4 Å². The van der Waals surface area contributed by atoms with Crippen molar-refractivity contribution in [3.05, 3.63) is 35.1 Å². The van der Waals surface area contributed by atoms with Crippen LogP contribution in [0.4, 0.5) is 4.39 Å². The molecule has 2 nitrogen and oxygen atoms in total. The molecule has 1 aromatic carbocycles. The molecule has 1 unspecified atom stereocenters. The number of aryl methyl sites for hydroxylation is 1. The second-order valence-electron chi connectivity index (χ2n) is 5.45. The van der Waals surface area contributed by atoms with E-state index in [0.717, 1.165) is 31.2 Å². The molecule has 0 radical (unpaired) electrons. The lowest BCUT2D eigenvalue weighted by molar-refractivity contribution is -0.0880. The number of hydrogen-bond acceptors (Lipinski definition) is 2. The highest BCUT2D eigenvalue weighted by Gasteiger charge is 2.37. The van der Waals surface area contributed by atoms with Crippen LogP contribution in [0.3, 0.4) is 0 Å². The van der Waals surface area contributed by atoms with Gasteiger partial charge in [0.25, 0.3) is 0 Å². The molecule has 3 heteroatoms. The van der Waals surface area contributed by atoms with Gasteiger partial charge in [-0.25, -0.2) is 4.39 Å². The van der Waals surface area contributed by atoms with Crippen LogP contribution >= 0.6 is 0 Å². The molecule has 0 heterocycles. The van der Waals surface area contributed by atoms with Gasteiger partial charge in [-0.05, 0) is 25.8 Å². The van der Waals surface area contributed by atoms with Gasteiger partial charge in [0.1, 0.15) is 11.9 Å². The Kier molecular flexibility index (Phi) is 4.03. The fraction of sp³-hybridized carbons (Fsp3) is 0.600. The van der Waals surface area contributed by atoms with Gasteiger partial charge in [0.05, 0.1) is 5.60 Å². The minimum Gasteiger partial charge on any atom is -0.387 e. The molecular formula is C15H21FO2. The molecule has 2 rings (SSSR count). The van der Waals surface area contributed by atoms with Gasteiger partial charge in [-0.2, -0.15) is 0 Å². The zero-order valence-corrected chi connectivity index (χ0v) is 10.8. The van der Waals surface area contributed by atoms with E-state index in [0.29, 0.717) is 12.8 Å². The van der Waals surface area contributed by atoms with Crippen molar-refractivity contribution in [2.75, 3.05) is 0 Å². The molecule has 1 aliphatic carbocycles. The summed E-state index contributed by atoms with van der Waals surface area (Å²) in [6, 6.07) is 4.65. The third-order valence-corrected chi connectivity index (χ3v) is 3.92. The Morgan fingerprint density at radius 1 is 1.17 bits per heavy atom. The minimum atomic E-state index is -1.18. The van der Waals surface area contributed by atoms with E-state index in [9.17, 15) is 14.6 Å². The van der Waals surface area contributed by atoms with E-state index in [1.165, 1.54) is 6.07 Å². The molecule has 1 atom stereocenters. The summed E-state index contributed by atoms with van der Waals surface area (Å²) in [5, 5.41) is 20.9. The van der Waals surface area contributed by atoms with Gasteiger partial charge in [0.2, 0.25) is 0 Å². The zero-order chi connectivity index (χ0) is 13.2. The van der Waals surface area contributed by atoms with Crippen LogP contribution in [-0.4, -0.2) is 15.8 Å². The summed E-state index contributed by atoms with van der Waals surface area (Å²) >= 11 is 0. The quantitative estimate of drug-likeness (QED) is 0.793. The summed E-state index contributed by atoms with van der Waals surface area (Å²) in [6.45, 7) is 1.85. The number of benzene rings is 1. The second kappa shape index (κ2) is 5.37. The lowest BCUT2D eigenvalue weighted by atomic mass is 9.84. The van der Waals surface area contributed by atoms with Crippen LogP contribution in [0, 0.1) is 12.7 Å². The van der Waals surface area contributed by atoms with Crippen LogP contribution < -0.4 is 0 Å². The normalized spacial score (nSPS) is 21.3. The predicted molar refractivity (Wildman–Crippen MR) is 68.7 cm³/mol. The molecule has 2 N–H and O–H groups in total. The molecule has 1 aromatic rings. The molecule has 1 aliphatic rings. The summed E-state index contributed by atoms with van der Waals surface area (Å²) in [7, 11) is 0. The summed E-state index contributed by atoms with van der Waals surface area (Å²) in [6.07, 6.45) is 3.89. The largest absolute Gasteiger partial charge is 0.387 e. The monoisotopic (exact) mass is 252 g/mol. The molecule has 1 fully saturated rings. The maximum Gasteiger partial charge on any atom is 0.129 e. The second-order valence-corrected chi connectivity index (χ2v) is 5.45. The zero-order valence-electron chi connectivity index (χ0n) is 10.8. The Morgan fingerprint density at radius 2 is 1.78 bits per heavy atom. The van der Waals surface area contributed by atoms with E-state index in [4.69, 9.17) is 0 Å². The van der Waals surface area contributed by atoms with Gasteiger partial charge in [0.15, 0.2) is 0 Å². The molecule has 1 saturated carbocycles. The van der Waals surface area contributed by atoms with Crippen LogP contribution in [0.25, 0.3) is 0 Å². The average molecular weight is 252 g/mol. The van der Waals surface area contributed by atoms with Crippen molar-refractivity contribution in [2.45, 2.75) is 57.2 Å². The molecule has 18 heavy (non-hydrogen) atoms. The Bertz CT molecular complexity index is 409. The topological polar surface area (TPSA) is 40.5 Å². The third-order valence-electron chi connectivity index (χ3n) is 3.92. The van der Waals surface area contributed by atoms with Crippen LogP contribution in [0.2, 0.25) is 0 Å². The van der Waals surface area contributed by atoms with Crippen molar-refractivity contribution in [2.24, 2.45) is 0 Å². The third kappa shape index (κ3) is 2.73. The molecule has 0 spiro atoms. The summed E-state index contributed by atoms with van der Waals surface area (Å²) < 4.78 is 13.8. The SMILES string of the molecule is Cc1ccc(F)c(C(O)C2(O)CCCCCC2)c1. The highest BCUT2D eigenvalue weighted by atomic mass is 19.1. The molecule has 0 bridgehead atoms. The van der Waals surface area contributed by atoms with E-state index in [1.807, 2.05) is 6.92 Å². The van der Waals surface area contributed by atoms with Crippen LogP contribution in [-0.2, 0) is 0 Å². The van der Waals surface area contributed by atoms with Crippen LogP contribution in [0.15, 0.2) is 18.2 Å². The molecule has 0 aromatic heterocycles. The number of rotatable bonds is 2. The Labute approximate surface area is 107 Å². The van der Waals surface area contributed by atoms with E-state index >= 15 is 0 Å². The van der Waals surface area contributed by atoms with Gasteiger partial charge in [-0.15, -0.1) is 0 Å². The van der Waals surface area contributed by atoms with Crippen LogP contribution in [0.5, 0.6) is 0 Å². The average Bonchev–Trinajstić information content (AvgIpc) is 2.57. The molecule has 0 aliphatic heterocycles. The Morgan fingerprint density at radius 3 is 2.39 bits per heavy atom. The van der Waals surface area contributed by atoms with Crippen molar-refractivity contribution >= 4 is 0 Å². The molecule has 0 amide bonds. The molecular weight excluding hydrogens is 231 g/mol. The number of aliphatic hydroxyl groups excluding tert-OH is 1. The van der Waals surface area contributed by atoms with Crippen LogP contribution in [0.1, 0.15) is 55.8 Å². The fourth-order valence-corrected chi connectivity index (χ4v) is 2.78. The molecule has 100 valence electrons. The minimum absolute atomic E-state index is 0.222. The first-order valence-electron chi connectivity index (χ1n) is 6.69. The Hall–Kier alpha value is -0.930. The van der Waals surface area contributed by atoms with Crippen molar-refractivity contribution in [3.63, 3.8) is 0 Å². The first-order chi connectivity index (χ1) is 8.53. The van der Waals surface area contributed by atoms with E-state index in [2.05, 4.69) is 0 Å². The van der Waals surface area contributed by atoms with Crippen molar-refractivity contribution < 1.29 is 14.6 Å². The predicted octanol–water partition coefficient (Wildman–Crippen LogP) is 3.25.